The summed E-state index contributed by atoms with van der Waals surface area (Å²) in [7, 11) is 0. The van der Waals surface area contributed by atoms with Gasteiger partial charge in [0.05, 0.1) is 11.7 Å². The van der Waals surface area contributed by atoms with Gasteiger partial charge in [-0.15, -0.1) is 11.3 Å². The molecular weight excluding hydrogens is 428 g/mol. The van der Waals surface area contributed by atoms with Crippen molar-refractivity contribution in [1.82, 2.24) is 4.57 Å². The highest BCUT2D eigenvalue weighted by molar-refractivity contribution is 7.17. The third-order valence-corrected chi connectivity index (χ3v) is 7.49. The molecule has 8 heteroatoms. The number of ketones is 1. The third kappa shape index (κ3) is 4.66. The van der Waals surface area contributed by atoms with Crippen molar-refractivity contribution >= 4 is 34.0 Å². The maximum Gasteiger partial charge on any atom is 0.341 e. The highest BCUT2D eigenvalue weighted by Gasteiger charge is 2.28. The molecule has 4 rings (SSSR count). The van der Waals surface area contributed by atoms with E-state index in [1.807, 2.05) is 19.9 Å². The van der Waals surface area contributed by atoms with Crippen molar-refractivity contribution in [2.75, 3.05) is 18.5 Å². The fraction of sp³-hybridized carbons (Fsp3) is 0.542. The zero-order valence-corrected chi connectivity index (χ0v) is 19.7. The van der Waals surface area contributed by atoms with Crippen LogP contribution in [0.25, 0.3) is 0 Å². The third-order valence-electron chi connectivity index (χ3n) is 6.28. The van der Waals surface area contributed by atoms with Gasteiger partial charge in [-0.05, 0) is 64.0 Å². The largest absolute Gasteiger partial charge is 0.454 e. The Labute approximate surface area is 192 Å². The number of fused-ring (bicyclic) bond motifs is 1. The molecule has 0 bridgehead atoms. The molecule has 32 heavy (non-hydrogen) atoms. The molecule has 1 saturated heterocycles. The zero-order chi connectivity index (χ0) is 22.8. The molecule has 2 aromatic rings. The van der Waals surface area contributed by atoms with Gasteiger partial charge in [0.1, 0.15) is 5.00 Å². The van der Waals surface area contributed by atoms with Gasteiger partial charge in [0, 0.05) is 41.9 Å². The van der Waals surface area contributed by atoms with Crippen molar-refractivity contribution in [3.8, 4) is 0 Å². The number of ether oxygens (including phenoxy) is 2. The van der Waals surface area contributed by atoms with E-state index in [-0.39, 0.29) is 24.4 Å². The highest BCUT2D eigenvalue weighted by atomic mass is 32.1. The van der Waals surface area contributed by atoms with Gasteiger partial charge in [-0.25, -0.2) is 4.79 Å². The fourth-order valence-corrected chi connectivity index (χ4v) is 5.99. The van der Waals surface area contributed by atoms with Crippen LogP contribution in [0.3, 0.4) is 0 Å². The van der Waals surface area contributed by atoms with Gasteiger partial charge in [0.25, 0.3) is 0 Å². The average molecular weight is 459 g/mol. The predicted molar refractivity (Wildman–Crippen MR) is 123 cm³/mol. The Morgan fingerprint density at radius 3 is 2.72 bits per heavy atom. The monoisotopic (exact) mass is 458 g/mol. The van der Waals surface area contributed by atoms with Crippen molar-refractivity contribution < 1.29 is 23.9 Å². The molecule has 1 N–H and O–H groups in total. The standard InChI is InChI=1S/C24H30N2O5S/c1-14-11-19(15(2)26(14)12-17-7-6-10-30-17)20(28)13-31-24(29)22-18-8-4-5-9-21(18)32-23(22)25-16(3)27/h11,17H,4-10,12-13H2,1-3H3,(H,25,27). The second-order valence-corrected chi connectivity index (χ2v) is 9.73. The summed E-state index contributed by atoms with van der Waals surface area (Å²) in [6.45, 7) is 6.50. The molecule has 2 aromatic heterocycles. The van der Waals surface area contributed by atoms with E-state index in [9.17, 15) is 14.4 Å². The Bertz CT molecular complexity index is 1050. The van der Waals surface area contributed by atoms with Gasteiger partial charge in [-0.2, -0.15) is 0 Å². The summed E-state index contributed by atoms with van der Waals surface area (Å²) in [5, 5.41) is 3.29. The minimum Gasteiger partial charge on any atom is -0.454 e. The number of amides is 1. The lowest BCUT2D eigenvalue weighted by atomic mass is 9.95. The fourth-order valence-electron chi connectivity index (χ4n) is 4.67. The molecule has 172 valence electrons. The smallest absolute Gasteiger partial charge is 0.341 e. The Morgan fingerprint density at radius 1 is 1.22 bits per heavy atom. The maximum absolute atomic E-state index is 13.0. The Morgan fingerprint density at radius 2 is 2.00 bits per heavy atom. The molecular formula is C24H30N2O5S. The summed E-state index contributed by atoms with van der Waals surface area (Å²) in [6, 6.07) is 1.86. The molecule has 3 heterocycles. The number of nitrogens with zero attached hydrogens (tertiary/aromatic N) is 1. The first-order valence-electron chi connectivity index (χ1n) is 11.3. The molecule has 1 aliphatic heterocycles. The molecule has 0 saturated carbocycles. The minimum atomic E-state index is -0.547. The Balaban J connectivity index is 1.47. The van der Waals surface area contributed by atoms with Crippen LogP contribution in [0.1, 0.15) is 75.2 Å². The molecule has 0 radical (unpaired) electrons. The predicted octanol–water partition coefficient (Wildman–Crippen LogP) is 4.22. The minimum absolute atomic E-state index is 0.178. The van der Waals surface area contributed by atoms with E-state index in [0.29, 0.717) is 16.1 Å². The van der Waals surface area contributed by atoms with E-state index in [1.165, 1.54) is 18.3 Å². The molecule has 1 unspecified atom stereocenters. The van der Waals surface area contributed by atoms with Crippen molar-refractivity contribution in [2.24, 2.45) is 0 Å². The normalized spacial score (nSPS) is 17.8. The number of anilines is 1. The summed E-state index contributed by atoms with van der Waals surface area (Å²) in [5.74, 6) is -1.00. The van der Waals surface area contributed by atoms with Crippen LogP contribution < -0.4 is 5.32 Å². The number of hydrogen-bond donors (Lipinski definition) is 1. The van der Waals surface area contributed by atoms with Gasteiger partial charge >= 0.3 is 5.97 Å². The number of carbonyl (C=O) groups excluding carboxylic acids is 3. The molecule has 1 fully saturated rings. The van der Waals surface area contributed by atoms with E-state index in [1.54, 1.807) is 0 Å². The van der Waals surface area contributed by atoms with Crippen molar-refractivity contribution in [3.63, 3.8) is 0 Å². The lowest BCUT2D eigenvalue weighted by molar-refractivity contribution is -0.114. The van der Waals surface area contributed by atoms with Crippen LogP contribution in [0.15, 0.2) is 6.07 Å². The molecule has 2 aliphatic rings. The first-order valence-corrected chi connectivity index (χ1v) is 12.1. The van der Waals surface area contributed by atoms with Crippen molar-refractivity contribution in [2.45, 2.75) is 71.9 Å². The van der Waals surface area contributed by atoms with Crippen LogP contribution in [0.5, 0.6) is 0 Å². The van der Waals surface area contributed by atoms with Gasteiger partial charge in [-0.1, -0.05) is 0 Å². The number of aromatic nitrogens is 1. The summed E-state index contributed by atoms with van der Waals surface area (Å²) in [5.41, 5.74) is 3.80. The molecule has 0 spiro atoms. The van der Waals surface area contributed by atoms with E-state index in [4.69, 9.17) is 9.47 Å². The van der Waals surface area contributed by atoms with Crippen LogP contribution in [0.4, 0.5) is 5.00 Å². The molecule has 1 aliphatic carbocycles. The lowest BCUT2D eigenvalue weighted by Crippen LogP contribution is -2.19. The van der Waals surface area contributed by atoms with Gasteiger partial charge in [0.15, 0.2) is 6.61 Å². The van der Waals surface area contributed by atoms with Gasteiger partial charge in [0.2, 0.25) is 11.7 Å². The van der Waals surface area contributed by atoms with Crippen molar-refractivity contribution in [1.29, 1.82) is 0 Å². The quantitative estimate of drug-likeness (QED) is 0.496. The number of hydrogen-bond acceptors (Lipinski definition) is 6. The van der Waals surface area contributed by atoms with E-state index < -0.39 is 5.97 Å². The lowest BCUT2D eigenvalue weighted by Gasteiger charge is -2.15. The van der Waals surface area contributed by atoms with Gasteiger partial charge in [-0.3, -0.25) is 9.59 Å². The van der Waals surface area contributed by atoms with Crippen LogP contribution >= 0.6 is 11.3 Å². The number of nitrogens with one attached hydrogen (secondary N) is 1. The Kier molecular flexibility index (Phi) is 6.81. The molecule has 0 aromatic carbocycles. The van der Waals surface area contributed by atoms with E-state index in [2.05, 4.69) is 9.88 Å². The number of carbonyl (C=O) groups is 3. The number of esters is 1. The summed E-state index contributed by atoms with van der Waals surface area (Å²) in [6.07, 6.45) is 6.03. The molecule has 1 atom stereocenters. The zero-order valence-electron chi connectivity index (χ0n) is 18.9. The second kappa shape index (κ2) is 9.58. The van der Waals surface area contributed by atoms with Gasteiger partial charge < -0.3 is 19.4 Å². The average Bonchev–Trinajstić information content (AvgIpc) is 3.46. The highest BCUT2D eigenvalue weighted by Crippen LogP contribution is 2.38. The SMILES string of the molecule is CC(=O)Nc1sc2c(c1C(=O)OCC(=O)c1cc(C)n(CC3CCCO3)c1C)CCCC2. The maximum atomic E-state index is 13.0. The van der Waals surface area contributed by atoms with Crippen LogP contribution in [-0.4, -0.2) is 41.5 Å². The van der Waals surface area contributed by atoms with Crippen LogP contribution in [0, 0.1) is 13.8 Å². The Hall–Kier alpha value is -2.45. The first kappa shape index (κ1) is 22.7. The summed E-state index contributed by atoms with van der Waals surface area (Å²) in [4.78, 5) is 38.6. The van der Waals surface area contributed by atoms with Crippen molar-refractivity contribution in [3.05, 3.63) is 39.0 Å². The number of aryl methyl sites for hydroxylation is 2. The van der Waals surface area contributed by atoms with Crippen LogP contribution in [0.2, 0.25) is 0 Å². The number of Topliss-reactive ketones (excluding diaryl/α,β-unsaturated/α-hetero) is 1. The van der Waals surface area contributed by atoms with E-state index in [0.717, 1.165) is 73.5 Å². The summed E-state index contributed by atoms with van der Waals surface area (Å²) >= 11 is 1.44. The van der Waals surface area contributed by atoms with E-state index >= 15 is 0 Å². The topological polar surface area (TPSA) is 86.6 Å². The molecule has 1 amide bonds. The number of rotatable bonds is 7. The molecule has 7 nitrogen and oxygen atoms in total. The first-order chi connectivity index (χ1) is 15.3. The summed E-state index contributed by atoms with van der Waals surface area (Å²) < 4.78 is 13.3. The second-order valence-electron chi connectivity index (χ2n) is 8.63. The number of thiophene rings is 1. The van der Waals surface area contributed by atoms with Crippen LogP contribution in [-0.2, 0) is 33.7 Å².